The second kappa shape index (κ2) is 9.44. The van der Waals surface area contributed by atoms with Gasteiger partial charge in [-0.15, -0.1) is 0 Å². The van der Waals surface area contributed by atoms with E-state index in [2.05, 4.69) is 5.87 Å². The van der Waals surface area contributed by atoms with Crippen LogP contribution in [0.2, 0.25) is 0 Å². The third-order valence-electron chi connectivity index (χ3n) is 3.91. The van der Waals surface area contributed by atoms with Gasteiger partial charge in [0.15, 0.2) is 12.4 Å². The van der Waals surface area contributed by atoms with Crippen LogP contribution in [0.25, 0.3) is 5.70 Å². The molecule has 0 unspecified atom stereocenters. The van der Waals surface area contributed by atoms with Crippen LogP contribution in [0.1, 0.15) is 28.4 Å². The number of ketones is 1. The van der Waals surface area contributed by atoms with Gasteiger partial charge in [-0.25, -0.2) is 4.79 Å². The largest absolute Gasteiger partial charge is 0.497 e. The molecule has 6 heteroatoms. The minimum Gasteiger partial charge on any atom is -0.497 e. The van der Waals surface area contributed by atoms with Crippen LogP contribution in [-0.4, -0.2) is 31.3 Å². The fourth-order valence-corrected chi connectivity index (χ4v) is 2.69. The van der Waals surface area contributed by atoms with Crippen LogP contribution in [0.15, 0.2) is 54.4 Å². The molecule has 2 rings (SSSR count). The Balaban J connectivity index is 2.60. The zero-order valence-corrected chi connectivity index (χ0v) is 16.4. The van der Waals surface area contributed by atoms with Gasteiger partial charge in [-0.05, 0) is 57.0 Å². The second-order valence-electron chi connectivity index (χ2n) is 6.14. The number of Topliss-reactive ketones (excluding diaryl/α,β-unsaturated/α-hetero) is 1. The first-order valence-electron chi connectivity index (χ1n) is 8.76. The molecule has 1 aromatic heterocycles. The maximum atomic E-state index is 13.2. The smallest absolute Gasteiger partial charge is 0.347 e. The van der Waals surface area contributed by atoms with Gasteiger partial charge in [0.1, 0.15) is 11.3 Å². The van der Waals surface area contributed by atoms with E-state index in [-0.39, 0.29) is 23.7 Å². The van der Waals surface area contributed by atoms with Crippen molar-refractivity contribution in [1.82, 2.24) is 0 Å². The number of hydrogen-bond acceptors (Lipinski definition) is 5. The number of methoxy groups -OCH3 is 1. The number of benzene rings is 1. The topological polar surface area (TPSA) is 80.3 Å². The van der Waals surface area contributed by atoms with Gasteiger partial charge in [0.25, 0.3) is 11.5 Å². The predicted molar refractivity (Wildman–Crippen MR) is 106 cm³/mol. The van der Waals surface area contributed by atoms with E-state index in [9.17, 15) is 9.59 Å². The van der Waals surface area contributed by atoms with Crippen LogP contribution < -0.4 is 9.30 Å². The number of ether oxygens (including phenoxy) is 2. The number of aryl methyl sites for hydroxylation is 2. The van der Waals surface area contributed by atoms with Crippen LogP contribution in [0.4, 0.5) is 0 Å². The molecule has 1 aromatic carbocycles. The van der Waals surface area contributed by atoms with E-state index in [4.69, 9.17) is 14.9 Å². The Labute approximate surface area is 164 Å². The molecule has 0 radical (unpaired) electrons. The van der Waals surface area contributed by atoms with Crippen molar-refractivity contribution in [1.29, 1.82) is 5.41 Å². The van der Waals surface area contributed by atoms with Crippen molar-refractivity contribution >= 4 is 23.3 Å². The number of hydrogen-bond donors (Lipinski definition) is 1. The van der Waals surface area contributed by atoms with E-state index in [1.165, 1.54) is 6.08 Å². The number of carbonyl (C=O) groups is 2. The summed E-state index contributed by atoms with van der Waals surface area (Å²) in [5, 5.41) is 7.44. The number of esters is 1. The van der Waals surface area contributed by atoms with Crippen LogP contribution in [0.3, 0.4) is 0 Å². The number of pyridine rings is 1. The zero-order chi connectivity index (χ0) is 20.7. The Morgan fingerprint density at radius 1 is 1.14 bits per heavy atom. The Morgan fingerprint density at radius 3 is 2.25 bits per heavy atom. The van der Waals surface area contributed by atoms with Crippen molar-refractivity contribution in [2.45, 2.75) is 20.8 Å². The van der Waals surface area contributed by atoms with Gasteiger partial charge in [0.2, 0.25) is 0 Å². The first kappa shape index (κ1) is 20.8. The number of rotatable bonds is 7. The molecule has 0 saturated heterocycles. The lowest BCUT2D eigenvalue weighted by Gasteiger charge is -2.06. The number of aromatic nitrogens is 1. The Hall–Kier alpha value is -3.50. The summed E-state index contributed by atoms with van der Waals surface area (Å²) in [4.78, 5) is 25.3. The molecule has 0 bridgehead atoms. The summed E-state index contributed by atoms with van der Waals surface area (Å²) in [6.07, 6.45) is 4.90. The third-order valence-corrected chi connectivity index (χ3v) is 3.91. The van der Waals surface area contributed by atoms with E-state index >= 15 is 0 Å². The molecular weight excluding hydrogens is 356 g/mol. The van der Waals surface area contributed by atoms with Crippen molar-refractivity contribution in [3.05, 3.63) is 71.1 Å². The van der Waals surface area contributed by atoms with Crippen LogP contribution in [-0.2, 0) is 9.53 Å². The Morgan fingerprint density at radius 2 is 1.75 bits per heavy atom. The lowest BCUT2D eigenvalue weighted by molar-refractivity contribution is -0.577. The standard InChI is InChI=1S/C22H23N2O4/c1-5-28-22(26)18(12-23)11-20(24-13-15(2)10-16(3)14-24)21(25)17-6-8-19(27-4)9-7-17/h6-11,13-14,23H,5H2,1-4H3/q+1. The average molecular weight is 379 g/mol. The summed E-state index contributed by atoms with van der Waals surface area (Å²) in [5.41, 5.74) is 2.40. The van der Waals surface area contributed by atoms with Gasteiger partial charge in [-0.3, -0.25) is 10.2 Å². The second-order valence-corrected chi connectivity index (χ2v) is 6.14. The molecule has 0 spiro atoms. The molecule has 0 aliphatic rings. The molecule has 0 fully saturated rings. The van der Waals surface area contributed by atoms with E-state index in [0.29, 0.717) is 11.3 Å². The summed E-state index contributed by atoms with van der Waals surface area (Å²) in [6.45, 7) is 5.66. The maximum Gasteiger partial charge on any atom is 0.347 e. The molecular formula is C22H23N2O4+. The monoisotopic (exact) mass is 379 g/mol. The van der Waals surface area contributed by atoms with Gasteiger partial charge in [0.05, 0.1) is 13.7 Å². The lowest BCUT2D eigenvalue weighted by Crippen LogP contribution is -2.37. The summed E-state index contributed by atoms with van der Waals surface area (Å²) in [6, 6.07) is 8.66. The molecule has 28 heavy (non-hydrogen) atoms. The molecule has 6 nitrogen and oxygen atoms in total. The SMILES string of the molecule is CCOC(=O)C(=C=N)C=C(C(=O)c1ccc(OC)cc1)[n+]1cc(C)cc(C)c1. The van der Waals surface area contributed by atoms with Crippen molar-refractivity contribution in [2.24, 2.45) is 0 Å². The van der Waals surface area contributed by atoms with Crippen LogP contribution >= 0.6 is 0 Å². The van der Waals surface area contributed by atoms with E-state index in [0.717, 1.165) is 11.1 Å². The predicted octanol–water partition coefficient (Wildman–Crippen LogP) is 3.06. The maximum absolute atomic E-state index is 13.2. The minimum atomic E-state index is -0.706. The number of nitrogens with one attached hydrogen (secondary N) is 1. The summed E-state index contributed by atoms with van der Waals surface area (Å²) >= 11 is 0. The summed E-state index contributed by atoms with van der Waals surface area (Å²) in [7, 11) is 1.55. The molecule has 1 N–H and O–H groups in total. The number of carbonyl (C=O) groups excluding carboxylic acids is 2. The highest BCUT2D eigenvalue weighted by atomic mass is 16.5. The van der Waals surface area contributed by atoms with Crippen molar-refractivity contribution in [3.8, 4) is 5.75 Å². The van der Waals surface area contributed by atoms with Gasteiger partial charge in [-0.2, -0.15) is 4.57 Å². The molecule has 0 atom stereocenters. The fourth-order valence-electron chi connectivity index (χ4n) is 2.69. The molecule has 1 heterocycles. The number of allylic oxidation sites excluding steroid dienone is 1. The van der Waals surface area contributed by atoms with E-state index in [1.54, 1.807) is 55.3 Å². The fraction of sp³-hybridized carbons (Fsp3) is 0.227. The Bertz CT molecular complexity index is 948. The van der Waals surface area contributed by atoms with Crippen molar-refractivity contribution < 1.29 is 23.6 Å². The highest BCUT2D eigenvalue weighted by Crippen LogP contribution is 2.16. The molecule has 0 aliphatic heterocycles. The highest BCUT2D eigenvalue weighted by molar-refractivity contribution is 6.23. The van der Waals surface area contributed by atoms with Crippen LogP contribution in [0, 0.1) is 19.3 Å². The first-order chi connectivity index (χ1) is 13.4. The van der Waals surface area contributed by atoms with Gasteiger partial charge >= 0.3 is 5.97 Å². The number of nitrogens with zero attached hydrogens (tertiary/aromatic N) is 1. The zero-order valence-electron chi connectivity index (χ0n) is 16.4. The first-order valence-corrected chi connectivity index (χ1v) is 8.76. The third kappa shape index (κ3) is 5.02. The van der Waals surface area contributed by atoms with Gasteiger partial charge in [-0.1, -0.05) is 0 Å². The summed E-state index contributed by atoms with van der Waals surface area (Å²) in [5.74, 6) is 1.69. The highest BCUT2D eigenvalue weighted by Gasteiger charge is 2.25. The van der Waals surface area contributed by atoms with Crippen molar-refractivity contribution in [3.63, 3.8) is 0 Å². The minimum absolute atomic E-state index is 0.134. The quantitative estimate of drug-likeness (QED) is 0.200. The summed E-state index contributed by atoms with van der Waals surface area (Å²) < 4.78 is 11.7. The van der Waals surface area contributed by atoms with Crippen LogP contribution in [0.5, 0.6) is 5.75 Å². The normalized spacial score (nSPS) is 10.8. The molecule has 2 aromatic rings. The Kier molecular flexibility index (Phi) is 7.02. The molecule has 144 valence electrons. The van der Waals surface area contributed by atoms with E-state index < -0.39 is 5.97 Å². The molecule has 0 amide bonds. The molecule has 0 saturated carbocycles. The molecule has 0 aliphatic carbocycles. The van der Waals surface area contributed by atoms with Crippen molar-refractivity contribution in [2.75, 3.05) is 13.7 Å². The average Bonchev–Trinajstić information content (AvgIpc) is 2.67. The lowest BCUT2D eigenvalue weighted by atomic mass is 10.1. The van der Waals surface area contributed by atoms with Gasteiger partial charge in [0, 0.05) is 22.8 Å². The van der Waals surface area contributed by atoms with E-state index in [1.807, 2.05) is 19.9 Å². The van der Waals surface area contributed by atoms with Gasteiger partial charge < -0.3 is 9.47 Å².